The number of hydrogen-bond acceptors (Lipinski definition) is 4. The molecule has 1 aliphatic heterocycles. The molecule has 0 saturated carbocycles. The van der Waals surface area contributed by atoms with E-state index in [0.717, 1.165) is 18.3 Å². The molecule has 14 heavy (non-hydrogen) atoms. The number of carbonyl (C=O) groups excluding carboxylic acids is 2. The van der Waals surface area contributed by atoms with Crippen molar-refractivity contribution in [1.29, 1.82) is 0 Å². The molecule has 1 saturated heterocycles. The summed E-state index contributed by atoms with van der Waals surface area (Å²) in [5.41, 5.74) is 0. The first kappa shape index (κ1) is 11.3. The minimum atomic E-state index is -0.339. The summed E-state index contributed by atoms with van der Waals surface area (Å²) in [6.45, 7) is 1.42. The van der Waals surface area contributed by atoms with Gasteiger partial charge in [-0.3, -0.25) is 9.59 Å². The summed E-state index contributed by atoms with van der Waals surface area (Å²) in [6.07, 6.45) is 0. The Labute approximate surface area is 87.6 Å². The first-order valence-electron chi connectivity index (χ1n) is 4.48. The standard InChI is InChI=1S/C8H15N3O2S/c1-9-3-4-11(2)7(12)6-5-14-8(13)10-6/h6,9H,3-5H2,1-2H3,(H,10,13)/t6-/m0/s1. The SMILES string of the molecule is CNCCN(C)C(=O)[C@@H]1CSC(=O)N1. The zero-order chi connectivity index (χ0) is 10.6. The molecule has 0 radical (unpaired) electrons. The molecule has 1 rings (SSSR count). The van der Waals surface area contributed by atoms with E-state index < -0.39 is 0 Å². The van der Waals surface area contributed by atoms with Crippen LogP contribution in [0.15, 0.2) is 0 Å². The van der Waals surface area contributed by atoms with Crippen LogP contribution < -0.4 is 10.6 Å². The number of carbonyl (C=O) groups is 2. The van der Waals surface area contributed by atoms with Gasteiger partial charge in [0.05, 0.1) is 0 Å². The molecule has 6 heteroatoms. The summed E-state index contributed by atoms with van der Waals surface area (Å²) in [4.78, 5) is 24.2. The van der Waals surface area contributed by atoms with Gasteiger partial charge in [0.25, 0.3) is 5.24 Å². The third kappa shape index (κ3) is 2.88. The first-order valence-corrected chi connectivity index (χ1v) is 5.46. The molecule has 0 aliphatic carbocycles. The molecule has 1 aliphatic rings. The molecular formula is C8H15N3O2S. The van der Waals surface area contributed by atoms with Crippen molar-refractivity contribution in [1.82, 2.24) is 15.5 Å². The Bertz CT molecular complexity index is 235. The molecule has 0 aromatic rings. The maximum Gasteiger partial charge on any atom is 0.279 e. The second-order valence-electron chi connectivity index (χ2n) is 3.16. The topological polar surface area (TPSA) is 61.4 Å². The van der Waals surface area contributed by atoms with Crippen LogP contribution in [0.5, 0.6) is 0 Å². The van der Waals surface area contributed by atoms with Crippen LogP contribution in [-0.2, 0) is 4.79 Å². The summed E-state index contributed by atoms with van der Waals surface area (Å²) < 4.78 is 0. The number of nitrogens with zero attached hydrogens (tertiary/aromatic N) is 1. The normalized spacial score (nSPS) is 20.7. The fourth-order valence-corrected chi connectivity index (χ4v) is 1.94. The predicted octanol–water partition coefficient (Wildman–Crippen LogP) is -0.511. The Balaban J connectivity index is 2.36. The van der Waals surface area contributed by atoms with Crippen LogP contribution >= 0.6 is 11.8 Å². The quantitative estimate of drug-likeness (QED) is 0.666. The van der Waals surface area contributed by atoms with Gasteiger partial charge in [0.15, 0.2) is 0 Å². The van der Waals surface area contributed by atoms with Gasteiger partial charge in [-0.2, -0.15) is 0 Å². The molecule has 2 amide bonds. The highest BCUT2D eigenvalue weighted by atomic mass is 32.2. The largest absolute Gasteiger partial charge is 0.343 e. The van der Waals surface area contributed by atoms with E-state index in [1.54, 1.807) is 11.9 Å². The molecular weight excluding hydrogens is 202 g/mol. The van der Waals surface area contributed by atoms with Crippen LogP contribution in [0.3, 0.4) is 0 Å². The van der Waals surface area contributed by atoms with E-state index in [-0.39, 0.29) is 17.2 Å². The fourth-order valence-electron chi connectivity index (χ4n) is 1.17. The number of likely N-dealkylation sites (N-methyl/N-ethyl adjacent to an activating group) is 2. The Kier molecular flexibility index (Phi) is 4.21. The third-order valence-electron chi connectivity index (χ3n) is 2.04. The number of hydrogen-bond donors (Lipinski definition) is 2. The lowest BCUT2D eigenvalue weighted by atomic mass is 10.3. The summed E-state index contributed by atoms with van der Waals surface area (Å²) in [7, 11) is 3.58. The van der Waals surface area contributed by atoms with Crippen molar-refractivity contribution in [2.75, 3.05) is 32.9 Å². The molecule has 1 heterocycles. The van der Waals surface area contributed by atoms with Gasteiger partial charge in [0.1, 0.15) is 6.04 Å². The lowest BCUT2D eigenvalue weighted by Gasteiger charge is -2.20. The summed E-state index contributed by atoms with van der Waals surface area (Å²) >= 11 is 1.16. The number of amides is 2. The fraction of sp³-hybridized carbons (Fsp3) is 0.750. The van der Waals surface area contributed by atoms with E-state index in [2.05, 4.69) is 10.6 Å². The Hall–Kier alpha value is -0.750. The Morgan fingerprint density at radius 3 is 3.00 bits per heavy atom. The van der Waals surface area contributed by atoms with Gasteiger partial charge in [0.2, 0.25) is 5.91 Å². The van der Waals surface area contributed by atoms with Crippen LogP contribution in [0.1, 0.15) is 0 Å². The van der Waals surface area contributed by atoms with E-state index in [9.17, 15) is 9.59 Å². The molecule has 1 atom stereocenters. The van der Waals surface area contributed by atoms with Crippen LogP contribution in [-0.4, -0.2) is 55.0 Å². The molecule has 1 fully saturated rings. The van der Waals surface area contributed by atoms with Crippen molar-refractivity contribution >= 4 is 22.9 Å². The van der Waals surface area contributed by atoms with Crippen LogP contribution in [0, 0.1) is 0 Å². The minimum Gasteiger partial charge on any atom is -0.343 e. The van der Waals surface area contributed by atoms with E-state index in [1.807, 2.05) is 7.05 Å². The van der Waals surface area contributed by atoms with E-state index in [1.165, 1.54) is 0 Å². The van der Waals surface area contributed by atoms with Crippen LogP contribution in [0.4, 0.5) is 4.79 Å². The van der Waals surface area contributed by atoms with Crippen LogP contribution in [0.25, 0.3) is 0 Å². The zero-order valence-corrected chi connectivity index (χ0v) is 9.19. The van der Waals surface area contributed by atoms with Gasteiger partial charge in [-0.25, -0.2) is 0 Å². The molecule has 0 spiro atoms. The second-order valence-corrected chi connectivity index (χ2v) is 4.15. The molecule has 0 aromatic carbocycles. The summed E-state index contributed by atoms with van der Waals surface area (Å²) in [5, 5.41) is 5.48. The Morgan fingerprint density at radius 1 is 1.79 bits per heavy atom. The highest BCUT2D eigenvalue weighted by Crippen LogP contribution is 2.14. The van der Waals surface area contributed by atoms with Crippen LogP contribution in [0.2, 0.25) is 0 Å². The highest BCUT2D eigenvalue weighted by Gasteiger charge is 2.29. The first-order chi connectivity index (χ1) is 6.65. The van der Waals surface area contributed by atoms with Crippen molar-refractivity contribution in [3.63, 3.8) is 0 Å². The molecule has 80 valence electrons. The minimum absolute atomic E-state index is 0.0152. The average Bonchev–Trinajstić information content (AvgIpc) is 2.60. The molecule has 0 unspecified atom stereocenters. The lowest BCUT2D eigenvalue weighted by Crippen LogP contribution is -2.45. The molecule has 0 aromatic heterocycles. The highest BCUT2D eigenvalue weighted by molar-refractivity contribution is 8.14. The Morgan fingerprint density at radius 2 is 2.50 bits per heavy atom. The van der Waals surface area contributed by atoms with Crippen molar-refractivity contribution in [3.05, 3.63) is 0 Å². The van der Waals surface area contributed by atoms with Crippen molar-refractivity contribution < 1.29 is 9.59 Å². The monoisotopic (exact) mass is 217 g/mol. The smallest absolute Gasteiger partial charge is 0.279 e. The average molecular weight is 217 g/mol. The van der Waals surface area contributed by atoms with E-state index in [0.29, 0.717) is 12.3 Å². The van der Waals surface area contributed by atoms with E-state index in [4.69, 9.17) is 0 Å². The van der Waals surface area contributed by atoms with Gasteiger partial charge >= 0.3 is 0 Å². The van der Waals surface area contributed by atoms with Gasteiger partial charge in [-0.05, 0) is 7.05 Å². The van der Waals surface area contributed by atoms with Crippen molar-refractivity contribution in [3.8, 4) is 0 Å². The predicted molar refractivity (Wildman–Crippen MR) is 56.3 cm³/mol. The van der Waals surface area contributed by atoms with Gasteiger partial charge in [-0.1, -0.05) is 11.8 Å². The number of thioether (sulfide) groups is 1. The van der Waals surface area contributed by atoms with Crippen molar-refractivity contribution in [2.24, 2.45) is 0 Å². The van der Waals surface area contributed by atoms with Crippen molar-refractivity contribution in [2.45, 2.75) is 6.04 Å². The second kappa shape index (κ2) is 5.21. The molecule has 2 N–H and O–H groups in total. The van der Waals surface area contributed by atoms with E-state index >= 15 is 0 Å². The van der Waals surface area contributed by atoms with Gasteiger partial charge < -0.3 is 15.5 Å². The maximum absolute atomic E-state index is 11.7. The molecule has 5 nitrogen and oxygen atoms in total. The summed E-state index contributed by atoms with van der Waals surface area (Å²) in [5.74, 6) is 0.528. The zero-order valence-electron chi connectivity index (χ0n) is 8.37. The van der Waals surface area contributed by atoms with Gasteiger partial charge in [-0.15, -0.1) is 0 Å². The summed E-state index contributed by atoms with van der Waals surface area (Å²) in [6, 6.07) is -0.339. The van der Waals surface area contributed by atoms with Gasteiger partial charge in [0, 0.05) is 25.9 Å². The molecule has 0 bridgehead atoms. The third-order valence-corrected chi connectivity index (χ3v) is 2.92. The lowest BCUT2D eigenvalue weighted by molar-refractivity contribution is -0.131. The number of rotatable bonds is 4. The maximum atomic E-state index is 11.7. The number of nitrogens with one attached hydrogen (secondary N) is 2.